The third-order valence-corrected chi connectivity index (χ3v) is 5.13. The number of aromatic nitrogens is 4. The number of alkyl halides is 3. The van der Waals surface area contributed by atoms with Crippen LogP contribution >= 0.6 is 11.6 Å². The number of piperidine rings is 1. The molecule has 6 nitrogen and oxygen atoms in total. The highest BCUT2D eigenvalue weighted by atomic mass is 35.5. The number of hydrogen-bond donors (Lipinski definition) is 2. The summed E-state index contributed by atoms with van der Waals surface area (Å²) in [4.78, 5) is 17.1. The van der Waals surface area contributed by atoms with Crippen LogP contribution in [0.4, 0.5) is 19.0 Å². The first-order valence-corrected chi connectivity index (χ1v) is 9.77. The molecule has 10 heteroatoms. The average molecular weight is 435 g/mol. The lowest BCUT2D eigenvalue weighted by Crippen LogP contribution is -2.35. The number of nitrogens with one attached hydrogen (secondary N) is 2. The summed E-state index contributed by atoms with van der Waals surface area (Å²) in [5.41, 5.74) is 0.782. The molecular formula is C20H18ClF3N6. The number of anilines is 1. The van der Waals surface area contributed by atoms with Gasteiger partial charge in [0.05, 0.1) is 22.5 Å². The van der Waals surface area contributed by atoms with E-state index in [0.717, 1.165) is 38.2 Å². The topological polar surface area (TPSA) is 75.6 Å². The fourth-order valence-corrected chi connectivity index (χ4v) is 3.49. The molecule has 0 atom stereocenters. The zero-order valence-corrected chi connectivity index (χ0v) is 16.5. The molecule has 1 aliphatic rings. The zero-order valence-electron chi connectivity index (χ0n) is 15.7. The Hall–Kier alpha value is -2.78. The van der Waals surface area contributed by atoms with Gasteiger partial charge in [0.2, 0.25) is 0 Å². The van der Waals surface area contributed by atoms with E-state index in [-0.39, 0.29) is 11.7 Å². The summed E-state index contributed by atoms with van der Waals surface area (Å²) in [5.74, 6) is 0.570. The minimum Gasteiger partial charge on any atom is -0.366 e. The molecule has 0 aliphatic carbocycles. The van der Waals surface area contributed by atoms with Crippen molar-refractivity contribution in [1.82, 2.24) is 25.3 Å². The van der Waals surface area contributed by atoms with Crippen LogP contribution in [-0.2, 0) is 6.18 Å². The first kappa shape index (κ1) is 20.5. The van der Waals surface area contributed by atoms with Crippen LogP contribution in [-0.4, -0.2) is 39.1 Å². The number of nitrogens with zero attached hydrogens (tertiary/aromatic N) is 4. The van der Waals surface area contributed by atoms with Gasteiger partial charge in [-0.25, -0.2) is 9.97 Å². The largest absolute Gasteiger partial charge is 0.417 e. The van der Waals surface area contributed by atoms with Crippen LogP contribution in [0.5, 0.6) is 0 Å². The van der Waals surface area contributed by atoms with Gasteiger partial charge in [-0.15, -0.1) is 0 Å². The van der Waals surface area contributed by atoms with E-state index in [1.54, 1.807) is 18.5 Å². The quantitative estimate of drug-likeness (QED) is 0.632. The fraction of sp³-hybridized carbons (Fsp3) is 0.300. The second-order valence-corrected chi connectivity index (χ2v) is 7.31. The van der Waals surface area contributed by atoms with Crippen molar-refractivity contribution in [3.8, 4) is 22.6 Å². The molecule has 0 aromatic carbocycles. The van der Waals surface area contributed by atoms with Crippen LogP contribution in [0.3, 0.4) is 0 Å². The summed E-state index contributed by atoms with van der Waals surface area (Å²) in [6.45, 7) is 1.84. The van der Waals surface area contributed by atoms with Gasteiger partial charge in [-0.3, -0.25) is 9.97 Å². The highest BCUT2D eigenvalue weighted by Gasteiger charge is 2.31. The van der Waals surface area contributed by atoms with E-state index in [2.05, 4.69) is 30.6 Å². The van der Waals surface area contributed by atoms with E-state index in [1.807, 2.05) is 0 Å². The van der Waals surface area contributed by atoms with Crippen molar-refractivity contribution in [2.75, 3.05) is 18.4 Å². The minimum atomic E-state index is -4.46. The zero-order chi connectivity index (χ0) is 21.1. The van der Waals surface area contributed by atoms with E-state index < -0.39 is 11.7 Å². The first-order valence-electron chi connectivity index (χ1n) is 9.39. The van der Waals surface area contributed by atoms with Gasteiger partial charge in [-0.05, 0) is 44.1 Å². The average Bonchev–Trinajstić information content (AvgIpc) is 2.74. The van der Waals surface area contributed by atoms with Crippen molar-refractivity contribution in [1.29, 1.82) is 0 Å². The molecule has 30 heavy (non-hydrogen) atoms. The van der Waals surface area contributed by atoms with Crippen molar-refractivity contribution >= 4 is 17.4 Å². The Bertz CT molecular complexity index is 1020. The number of rotatable bonds is 4. The van der Waals surface area contributed by atoms with Crippen LogP contribution in [0.2, 0.25) is 5.02 Å². The second-order valence-electron chi connectivity index (χ2n) is 6.91. The standard InChI is InChI=1S/C20H18ClF3N6/c21-15-10-26-8-5-14(15)18-19(16-2-1-12(9-27-16)20(22,23)24)28-11-17(30-18)29-13-3-6-25-7-4-13/h1-2,5,8-11,13,25H,3-4,6-7H2,(H,29,30). The van der Waals surface area contributed by atoms with Crippen molar-refractivity contribution in [2.45, 2.75) is 25.1 Å². The minimum absolute atomic E-state index is 0.261. The Morgan fingerprint density at radius 3 is 2.47 bits per heavy atom. The van der Waals surface area contributed by atoms with Gasteiger partial charge in [-0.1, -0.05) is 11.6 Å². The third-order valence-electron chi connectivity index (χ3n) is 4.82. The fourth-order valence-electron chi connectivity index (χ4n) is 3.28. The van der Waals surface area contributed by atoms with E-state index >= 15 is 0 Å². The number of hydrogen-bond acceptors (Lipinski definition) is 6. The Kier molecular flexibility index (Phi) is 5.83. The molecule has 2 N–H and O–H groups in total. The molecule has 0 amide bonds. The molecule has 0 saturated carbocycles. The molecule has 3 aromatic rings. The van der Waals surface area contributed by atoms with Gasteiger partial charge in [0.15, 0.2) is 0 Å². The Morgan fingerprint density at radius 2 is 1.80 bits per heavy atom. The first-order chi connectivity index (χ1) is 14.4. The molecule has 0 radical (unpaired) electrons. The molecule has 4 heterocycles. The molecule has 3 aromatic heterocycles. The normalized spacial score (nSPS) is 15.2. The Labute approximate surface area is 176 Å². The van der Waals surface area contributed by atoms with Crippen molar-refractivity contribution in [3.05, 3.63) is 53.6 Å². The van der Waals surface area contributed by atoms with Crippen molar-refractivity contribution in [2.24, 2.45) is 0 Å². The second kappa shape index (κ2) is 8.53. The van der Waals surface area contributed by atoms with Crippen LogP contribution in [0.15, 0.2) is 43.0 Å². The lowest BCUT2D eigenvalue weighted by molar-refractivity contribution is -0.137. The van der Waals surface area contributed by atoms with E-state index in [1.165, 1.54) is 12.3 Å². The monoisotopic (exact) mass is 434 g/mol. The van der Waals surface area contributed by atoms with Gasteiger partial charge in [-0.2, -0.15) is 13.2 Å². The molecule has 156 valence electrons. The van der Waals surface area contributed by atoms with E-state index in [4.69, 9.17) is 11.6 Å². The lowest BCUT2D eigenvalue weighted by Gasteiger charge is -2.24. The molecule has 0 spiro atoms. The molecule has 0 unspecified atom stereocenters. The summed E-state index contributed by atoms with van der Waals surface area (Å²) in [5, 5.41) is 7.04. The highest BCUT2D eigenvalue weighted by Crippen LogP contribution is 2.34. The van der Waals surface area contributed by atoms with E-state index in [9.17, 15) is 13.2 Å². The van der Waals surface area contributed by atoms with Crippen LogP contribution < -0.4 is 10.6 Å². The highest BCUT2D eigenvalue weighted by molar-refractivity contribution is 6.33. The molecule has 1 fully saturated rings. The molecule has 1 aliphatic heterocycles. The summed E-state index contributed by atoms with van der Waals surface area (Å²) in [6, 6.07) is 4.21. The molecular weight excluding hydrogens is 417 g/mol. The van der Waals surface area contributed by atoms with Crippen LogP contribution in [0.25, 0.3) is 22.6 Å². The Balaban J connectivity index is 1.75. The van der Waals surface area contributed by atoms with Crippen molar-refractivity contribution in [3.63, 3.8) is 0 Å². The third kappa shape index (κ3) is 4.52. The predicted octanol–water partition coefficient (Wildman–Crippen LogP) is 4.44. The summed E-state index contributed by atoms with van der Waals surface area (Å²) in [6.07, 6.45) is 2.85. The smallest absolute Gasteiger partial charge is 0.366 e. The van der Waals surface area contributed by atoms with Crippen LogP contribution in [0, 0.1) is 0 Å². The van der Waals surface area contributed by atoms with Gasteiger partial charge in [0.25, 0.3) is 0 Å². The maximum Gasteiger partial charge on any atom is 0.417 e. The van der Waals surface area contributed by atoms with Crippen molar-refractivity contribution < 1.29 is 13.2 Å². The van der Waals surface area contributed by atoms with Gasteiger partial charge >= 0.3 is 6.18 Å². The van der Waals surface area contributed by atoms with Gasteiger partial charge < -0.3 is 10.6 Å². The Morgan fingerprint density at radius 1 is 1.00 bits per heavy atom. The SMILES string of the molecule is FC(F)(F)c1ccc(-c2ncc(NC3CCNCC3)nc2-c2ccncc2Cl)nc1. The molecule has 4 rings (SSSR count). The molecule has 1 saturated heterocycles. The molecule has 0 bridgehead atoms. The maximum atomic E-state index is 12.9. The summed E-state index contributed by atoms with van der Waals surface area (Å²) >= 11 is 6.32. The number of pyridine rings is 2. The summed E-state index contributed by atoms with van der Waals surface area (Å²) in [7, 11) is 0. The predicted molar refractivity (Wildman–Crippen MR) is 108 cm³/mol. The maximum absolute atomic E-state index is 12.9. The lowest BCUT2D eigenvalue weighted by atomic mass is 10.1. The summed E-state index contributed by atoms with van der Waals surface area (Å²) < 4.78 is 38.7. The number of halogens is 4. The van der Waals surface area contributed by atoms with E-state index in [0.29, 0.717) is 27.8 Å². The van der Waals surface area contributed by atoms with Gasteiger partial charge in [0, 0.05) is 30.2 Å². The van der Waals surface area contributed by atoms with Gasteiger partial charge in [0.1, 0.15) is 17.2 Å². The van der Waals surface area contributed by atoms with Crippen LogP contribution in [0.1, 0.15) is 18.4 Å².